The van der Waals surface area contributed by atoms with E-state index in [9.17, 15) is 9.90 Å². The minimum absolute atomic E-state index is 0.258. The van der Waals surface area contributed by atoms with Crippen LogP contribution in [0.1, 0.15) is 32.6 Å². The van der Waals surface area contributed by atoms with Crippen LogP contribution in [-0.4, -0.2) is 61.5 Å². The van der Waals surface area contributed by atoms with E-state index in [1.807, 2.05) is 6.92 Å². The summed E-state index contributed by atoms with van der Waals surface area (Å²) in [7, 11) is 0. The summed E-state index contributed by atoms with van der Waals surface area (Å²) in [6.07, 6.45) is 3.99. The summed E-state index contributed by atoms with van der Waals surface area (Å²) in [5, 5.41) is 9.55. The molecular formula is C14H25NO4. The molecule has 0 bridgehead atoms. The molecule has 0 amide bonds. The van der Waals surface area contributed by atoms with E-state index in [1.165, 1.54) is 0 Å². The number of carbonyl (C=O) groups is 1. The fourth-order valence-electron chi connectivity index (χ4n) is 3.17. The van der Waals surface area contributed by atoms with Crippen LogP contribution in [0.25, 0.3) is 0 Å². The summed E-state index contributed by atoms with van der Waals surface area (Å²) in [6.45, 7) is 6.18. The molecular weight excluding hydrogens is 246 g/mol. The molecule has 5 nitrogen and oxygen atoms in total. The zero-order chi connectivity index (χ0) is 13.7. The Morgan fingerprint density at radius 3 is 3.00 bits per heavy atom. The van der Waals surface area contributed by atoms with Crippen molar-refractivity contribution in [2.45, 2.75) is 38.7 Å². The van der Waals surface area contributed by atoms with E-state index in [4.69, 9.17) is 9.47 Å². The Morgan fingerprint density at radius 1 is 1.53 bits per heavy atom. The third-order valence-corrected chi connectivity index (χ3v) is 4.17. The number of likely N-dealkylation sites (tertiary alicyclic amines) is 1. The molecule has 0 radical (unpaired) electrons. The van der Waals surface area contributed by atoms with Gasteiger partial charge >= 0.3 is 5.97 Å². The number of carboxylic acid groups (broad SMARTS) is 1. The largest absolute Gasteiger partial charge is 0.481 e. The highest BCUT2D eigenvalue weighted by Gasteiger charge is 2.42. The standard InChI is InChI=1S/C14H25NO4/c1-2-19-12-5-3-7-15(9-12)10-14(13(16)17)6-4-8-18-11-14/h12H,2-11H2,1H3,(H,16,17). The number of aliphatic carboxylic acids is 1. The molecule has 1 N–H and O–H groups in total. The number of hydrogen-bond acceptors (Lipinski definition) is 4. The van der Waals surface area contributed by atoms with Gasteiger partial charge in [-0.25, -0.2) is 0 Å². The summed E-state index contributed by atoms with van der Waals surface area (Å²) in [5.41, 5.74) is -0.716. The summed E-state index contributed by atoms with van der Waals surface area (Å²) in [5.74, 6) is -0.717. The van der Waals surface area contributed by atoms with Crippen molar-refractivity contribution in [1.29, 1.82) is 0 Å². The van der Waals surface area contributed by atoms with Crippen LogP contribution in [0, 0.1) is 5.41 Å². The summed E-state index contributed by atoms with van der Waals surface area (Å²) < 4.78 is 11.1. The Bertz CT molecular complexity index is 300. The molecule has 2 atom stereocenters. The van der Waals surface area contributed by atoms with E-state index in [0.717, 1.165) is 45.4 Å². The van der Waals surface area contributed by atoms with E-state index >= 15 is 0 Å². The molecule has 0 aromatic rings. The van der Waals surface area contributed by atoms with Crippen molar-refractivity contribution >= 4 is 5.97 Å². The Hall–Kier alpha value is -0.650. The van der Waals surface area contributed by atoms with Gasteiger partial charge in [0.25, 0.3) is 0 Å². The number of hydrogen-bond donors (Lipinski definition) is 1. The van der Waals surface area contributed by atoms with E-state index in [1.54, 1.807) is 0 Å². The fraction of sp³-hybridized carbons (Fsp3) is 0.929. The molecule has 0 saturated carbocycles. The van der Waals surface area contributed by atoms with Gasteiger partial charge in [-0.3, -0.25) is 9.69 Å². The molecule has 0 aromatic heterocycles. The van der Waals surface area contributed by atoms with Crippen LogP contribution in [0.5, 0.6) is 0 Å². The molecule has 2 aliphatic rings. The van der Waals surface area contributed by atoms with Crippen LogP contribution in [0.4, 0.5) is 0 Å². The number of piperidine rings is 1. The summed E-state index contributed by atoms with van der Waals surface area (Å²) in [6, 6.07) is 0. The van der Waals surface area contributed by atoms with Gasteiger partial charge in [0.1, 0.15) is 5.41 Å². The summed E-state index contributed by atoms with van der Waals surface area (Å²) in [4.78, 5) is 13.9. The lowest BCUT2D eigenvalue weighted by atomic mass is 9.81. The van der Waals surface area contributed by atoms with E-state index in [2.05, 4.69) is 4.90 Å². The minimum atomic E-state index is -0.717. The van der Waals surface area contributed by atoms with Gasteiger partial charge in [-0.05, 0) is 39.2 Å². The molecule has 2 saturated heterocycles. The SMILES string of the molecule is CCOC1CCCN(CC2(C(=O)O)CCCOC2)C1. The lowest BCUT2D eigenvalue weighted by Crippen LogP contribution is -2.51. The zero-order valence-corrected chi connectivity index (χ0v) is 11.8. The maximum absolute atomic E-state index is 11.6. The van der Waals surface area contributed by atoms with Crippen LogP contribution < -0.4 is 0 Å². The third-order valence-electron chi connectivity index (χ3n) is 4.17. The smallest absolute Gasteiger partial charge is 0.313 e. The first-order valence-corrected chi connectivity index (χ1v) is 7.31. The average molecular weight is 271 g/mol. The second kappa shape index (κ2) is 6.68. The first kappa shape index (κ1) is 14.8. The maximum atomic E-state index is 11.6. The number of nitrogens with zero attached hydrogens (tertiary/aromatic N) is 1. The highest BCUT2D eigenvalue weighted by Crippen LogP contribution is 2.31. The highest BCUT2D eigenvalue weighted by molar-refractivity contribution is 5.75. The van der Waals surface area contributed by atoms with Crippen LogP contribution in [0.15, 0.2) is 0 Å². The molecule has 19 heavy (non-hydrogen) atoms. The molecule has 2 unspecified atom stereocenters. The van der Waals surface area contributed by atoms with Gasteiger partial charge in [0.15, 0.2) is 0 Å². The number of ether oxygens (including phenoxy) is 2. The molecule has 110 valence electrons. The molecule has 2 rings (SSSR count). The van der Waals surface area contributed by atoms with Crippen molar-refractivity contribution < 1.29 is 19.4 Å². The average Bonchev–Trinajstić information content (AvgIpc) is 2.40. The Balaban J connectivity index is 1.95. The van der Waals surface area contributed by atoms with Gasteiger partial charge in [-0.2, -0.15) is 0 Å². The van der Waals surface area contributed by atoms with Crippen LogP contribution in [-0.2, 0) is 14.3 Å². The third kappa shape index (κ3) is 3.68. The highest BCUT2D eigenvalue weighted by atomic mass is 16.5. The first-order chi connectivity index (χ1) is 9.16. The van der Waals surface area contributed by atoms with Crippen molar-refractivity contribution in [3.05, 3.63) is 0 Å². The quantitative estimate of drug-likeness (QED) is 0.818. The van der Waals surface area contributed by atoms with Crippen LogP contribution in [0.3, 0.4) is 0 Å². The fourth-order valence-corrected chi connectivity index (χ4v) is 3.17. The molecule has 0 aliphatic carbocycles. The lowest BCUT2D eigenvalue weighted by Gasteiger charge is -2.40. The Labute approximate surface area is 114 Å². The lowest BCUT2D eigenvalue weighted by molar-refractivity contribution is -0.160. The molecule has 2 fully saturated rings. The normalized spacial score (nSPS) is 33.2. The van der Waals surface area contributed by atoms with Gasteiger partial charge in [0.05, 0.1) is 12.7 Å². The topological polar surface area (TPSA) is 59.0 Å². The van der Waals surface area contributed by atoms with Gasteiger partial charge in [0.2, 0.25) is 0 Å². The first-order valence-electron chi connectivity index (χ1n) is 7.31. The van der Waals surface area contributed by atoms with Crippen molar-refractivity contribution in [3.8, 4) is 0 Å². The van der Waals surface area contributed by atoms with E-state index in [0.29, 0.717) is 19.8 Å². The predicted octanol–water partition coefficient (Wildman–Crippen LogP) is 1.37. The molecule has 0 spiro atoms. The van der Waals surface area contributed by atoms with Crippen molar-refractivity contribution in [3.63, 3.8) is 0 Å². The van der Waals surface area contributed by atoms with Gasteiger partial charge in [-0.1, -0.05) is 0 Å². The molecule has 2 heterocycles. The van der Waals surface area contributed by atoms with Crippen molar-refractivity contribution in [2.24, 2.45) is 5.41 Å². The minimum Gasteiger partial charge on any atom is -0.481 e. The Kier molecular flexibility index (Phi) is 5.19. The van der Waals surface area contributed by atoms with Gasteiger partial charge < -0.3 is 14.6 Å². The molecule has 0 aromatic carbocycles. The predicted molar refractivity (Wildman–Crippen MR) is 71.2 cm³/mol. The maximum Gasteiger partial charge on any atom is 0.313 e. The van der Waals surface area contributed by atoms with E-state index in [-0.39, 0.29) is 6.10 Å². The van der Waals surface area contributed by atoms with Crippen LogP contribution >= 0.6 is 0 Å². The van der Waals surface area contributed by atoms with Gasteiger partial charge in [-0.15, -0.1) is 0 Å². The second-order valence-corrected chi connectivity index (χ2v) is 5.70. The molecule has 2 aliphatic heterocycles. The Morgan fingerprint density at radius 2 is 2.37 bits per heavy atom. The monoisotopic (exact) mass is 271 g/mol. The van der Waals surface area contributed by atoms with Crippen molar-refractivity contribution in [1.82, 2.24) is 4.90 Å². The summed E-state index contributed by atoms with van der Waals surface area (Å²) >= 11 is 0. The van der Waals surface area contributed by atoms with E-state index < -0.39 is 11.4 Å². The molecule has 5 heteroatoms. The van der Waals surface area contributed by atoms with Crippen molar-refractivity contribution in [2.75, 3.05) is 39.5 Å². The zero-order valence-electron chi connectivity index (χ0n) is 11.8. The van der Waals surface area contributed by atoms with Crippen LogP contribution in [0.2, 0.25) is 0 Å². The van der Waals surface area contributed by atoms with Gasteiger partial charge in [0, 0.05) is 26.3 Å². The second-order valence-electron chi connectivity index (χ2n) is 5.70. The number of rotatable bonds is 5. The number of carboxylic acids is 1.